The number of amidine groups is 1. The molecule has 0 aliphatic carbocycles. The second-order valence-corrected chi connectivity index (χ2v) is 6.39. The molecular weight excluding hydrogens is 307 g/mol. The molecule has 0 radical (unpaired) electrons. The topological polar surface area (TPSA) is 51.4 Å². The summed E-state index contributed by atoms with van der Waals surface area (Å²) in [6, 6.07) is 6.01. The highest BCUT2D eigenvalue weighted by molar-refractivity contribution is 5.85. The molecule has 0 saturated carbocycles. The van der Waals surface area contributed by atoms with Crippen LogP contribution in [0, 0.1) is 11.7 Å². The second-order valence-electron chi connectivity index (χ2n) is 6.39. The van der Waals surface area contributed by atoms with Crippen molar-refractivity contribution in [3.63, 3.8) is 0 Å². The van der Waals surface area contributed by atoms with Gasteiger partial charge >= 0.3 is 0 Å². The number of rotatable bonds is 7. The van der Waals surface area contributed by atoms with Crippen LogP contribution < -0.4 is 10.1 Å². The van der Waals surface area contributed by atoms with E-state index in [2.05, 4.69) is 35.3 Å². The van der Waals surface area contributed by atoms with Gasteiger partial charge in [-0.3, -0.25) is 9.67 Å². The van der Waals surface area contributed by atoms with E-state index in [0.29, 0.717) is 19.1 Å². The lowest BCUT2D eigenvalue weighted by Gasteiger charge is -2.17. The lowest BCUT2D eigenvalue weighted by Crippen LogP contribution is -2.25. The maximum Gasteiger partial charge on any atom is 0.161 e. The van der Waals surface area contributed by atoms with E-state index in [-0.39, 0.29) is 5.82 Å². The number of halogens is 1. The summed E-state index contributed by atoms with van der Waals surface area (Å²) in [6.45, 7) is 7.02. The molecule has 128 valence electrons. The van der Waals surface area contributed by atoms with Crippen molar-refractivity contribution in [2.45, 2.75) is 26.8 Å². The van der Waals surface area contributed by atoms with Crippen LogP contribution in [0.4, 0.5) is 4.39 Å². The Hall–Kier alpha value is -2.37. The Morgan fingerprint density at radius 2 is 2.25 bits per heavy atom. The fourth-order valence-electron chi connectivity index (χ4n) is 2.82. The average Bonchev–Trinajstić information content (AvgIpc) is 3.19. The van der Waals surface area contributed by atoms with E-state index in [1.165, 1.54) is 12.4 Å². The van der Waals surface area contributed by atoms with Gasteiger partial charge in [0.1, 0.15) is 18.2 Å². The minimum Gasteiger partial charge on any atom is -0.485 e. The number of nitrogens with one attached hydrogen (secondary N) is 1. The molecule has 2 aromatic rings. The first-order chi connectivity index (χ1) is 11.6. The largest absolute Gasteiger partial charge is 0.485 e. The zero-order valence-electron chi connectivity index (χ0n) is 14.1. The summed E-state index contributed by atoms with van der Waals surface area (Å²) in [5.41, 5.74) is 2.26. The molecular formula is C18H23FN4O. The monoisotopic (exact) mass is 330 g/mol. The van der Waals surface area contributed by atoms with Gasteiger partial charge in [0.05, 0.1) is 25.5 Å². The summed E-state index contributed by atoms with van der Waals surface area (Å²) in [5, 5.41) is 7.26. The molecule has 1 aromatic heterocycles. The van der Waals surface area contributed by atoms with Crippen molar-refractivity contribution in [2.24, 2.45) is 10.9 Å². The summed E-state index contributed by atoms with van der Waals surface area (Å²) in [5.74, 6) is 1.93. The van der Waals surface area contributed by atoms with E-state index in [1.54, 1.807) is 4.68 Å². The van der Waals surface area contributed by atoms with E-state index in [1.807, 2.05) is 12.1 Å². The third kappa shape index (κ3) is 4.13. The molecule has 0 fully saturated rings. The Kier molecular flexibility index (Phi) is 5.13. The molecule has 3 rings (SSSR count). The molecule has 6 heteroatoms. The Morgan fingerprint density at radius 1 is 1.38 bits per heavy atom. The smallest absolute Gasteiger partial charge is 0.161 e. The highest BCUT2D eigenvalue weighted by atomic mass is 19.1. The zero-order valence-corrected chi connectivity index (χ0v) is 14.1. The van der Waals surface area contributed by atoms with Crippen molar-refractivity contribution < 1.29 is 9.13 Å². The van der Waals surface area contributed by atoms with E-state index >= 15 is 0 Å². The quantitative estimate of drug-likeness (QED) is 0.849. The number of ether oxygens (including phenoxy) is 1. The van der Waals surface area contributed by atoms with Crippen LogP contribution in [0.1, 0.15) is 25.0 Å². The first-order valence-electron chi connectivity index (χ1n) is 8.30. The van der Waals surface area contributed by atoms with E-state index in [0.717, 1.165) is 42.2 Å². The van der Waals surface area contributed by atoms with Crippen molar-refractivity contribution >= 4 is 5.84 Å². The maximum absolute atomic E-state index is 13.2. The number of aromatic nitrogens is 2. The second kappa shape index (κ2) is 7.47. The van der Waals surface area contributed by atoms with E-state index in [4.69, 9.17) is 4.74 Å². The molecule has 1 aromatic carbocycles. The lowest BCUT2D eigenvalue weighted by molar-refractivity contribution is 0.366. The van der Waals surface area contributed by atoms with Gasteiger partial charge in [0, 0.05) is 6.54 Å². The minimum absolute atomic E-state index is 0.321. The first kappa shape index (κ1) is 16.5. The van der Waals surface area contributed by atoms with E-state index in [9.17, 15) is 4.39 Å². The summed E-state index contributed by atoms with van der Waals surface area (Å²) < 4.78 is 20.8. The molecule has 24 heavy (non-hydrogen) atoms. The summed E-state index contributed by atoms with van der Waals surface area (Å²) >= 11 is 0. The van der Waals surface area contributed by atoms with Crippen molar-refractivity contribution in [1.82, 2.24) is 15.1 Å². The molecule has 1 aliphatic rings. The fourth-order valence-corrected chi connectivity index (χ4v) is 2.82. The molecule has 0 bridgehead atoms. The first-order valence-corrected chi connectivity index (χ1v) is 8.30. The lowest BCUT2D eigenvalue weighted by atomic mass is 9.97. The predicted molar refractivity (Wildman–Crippen MR) is 92.1 cm³/mol. The molecule has 0 spiro atoms. The standard InChI is InChI=1S/C18H23FN4O/c1-13(2)8-16-14(10-23-11-15(19)9-22-23)4-3-5-17(16)24-12-18-20-6-7-21-18/h3-5,9,11,13H,6-8,10,12H2,1-2H3,(H,20,21). The Morgan fingerprint density at radius 3 is 2.92 bits per heavy atom. The molecule has 0 amide bonds. The SMILES string of the molecule is CC(C)Cc1c(Cn2cc(F)cn2)cccc1OCC1=NCCN1. The summed E-state index contributed by atoms with van der Waals surface area (Å²) in [4.78, 5) is 4.36. The van der Waals surface area contributed by atoms with Gasteiger partial charge in [-0.25, -0.2) is 4.39 Å². The van der Waals surface area contributed by atoms with Crippen LogP contribution in [0.25, 0.3) is 0 Å². The molecule has 1 N–H and O–H groups in total. The molecule has 5 nitrogen and oxygen atoms in total. The number of hydrogen-bond acceptors (Lipinski definition) is 4. The minimum atomic E-state index is -0.321. The third-order valence-electron chi connectivity index (χ3n) is 3.88. The van der Waals surface area contributed by atoms with Crippen LogP contribution in [-0.2, 0) is 13.0 Å². The molecule has 0 atom stereocenters. The number of nitrogens with zero attached hydrogens (tertiary/aromatic N) is 3. The van der Waals surface area contributed by atoms with Gasteiger partial charge < -0.3 is 10.1 Å². The summed E-state index contributed by atoms with van der Waals surface area (Å²) in [6.07, 6.45) is 3.53. The van der Waals surface area contributed by atoms with Crippen LogP contribution in [0.5, 0.6) is 5.75 Å². The van der Waals surface area contributed by atoms with Crippen molar-refractivity contribution in [2.75, 3.05) is 19.7 Å². The predicted octanol–water partition coefficient (Wildman–Crippen LogP) is 2.65. The van der Waals surface area contributed by atoms with Gasteiger partial charge in [0.15, 0.2) is 5.82 Å². The molecule has 0 saturated heterocycles. The van der Waals surface area contributed by atoms with Gasteiger partial charge in [-0.2, -0.15) is 5.10 Å². The van der Waals surface area contributed by atoms with Crippen LogP contribution >= 0.6 is 0 Å². The van der Waals surface area contributed by atoms with E-state index < -0.39 is 0 Å². The van der Waals surface area contributed by atoms with Gasteiger partial charge in [-0.05, 0) is 29.5 Å². The van der Waals surface area contributed by atoms with Crippen LogP contribution in [0.2, 0.25) is 0 Å². The van der Waals surface area contributed by atoms with Crippen molar-refractivity contribution in [1.29, 1.82) is 0 Å². The summed E-state index contributed by atoms with van der Waals surface area (Å²) in [7, 11) is 0. The Balaban J connectivity index is 1.82. The highest BCUT2D eigenvalue weighted by Gasteiger charge is 2.14. The van der Waals surface area contributed by atoms with Gasteiger partial charge in [0.2, 0.25) is 0 Å². The average molecular weight is 330 g/mol. The number of aliphatic imine (C=N–C) groups is 1. The maximum atomic E-state index is 13.2. The van der Waals surface area contributed by atoms with Gasteiger partial charge in [-0.1, -0.05) is 26.0 Å². The number of benzene rings is 1. The van der Waals surface area contributed by atoms with Gasteiger partial charge in [0.25, 0.3) is 0 Å². The highest BCUT2D eigenvalue weighted by Crippen LogP contribution is 2.26. The molecule has 0 unspecified atom stereocenters. The normalized spacial score (nSPS) is 13.9. The Labute approximate surface area is 141 Å². The van der Waals surface area contributed by atoms with Crippen LogP contribution in [-0.4, -0.2) is 35.3 Å². The fraction of sp³-hybridized carbons (Fsp3) is 0.444. The van der Waals surface area contributed by atoms with Gasteiger partial charge in [-0.15, -0.1) is 0 Å². The van der Waals surface area contributed by atoms with Crippen LogP contribution in [0.3, 0.4) is 0 Å². The van der Waals surface area contributed by atoms with Crippen molar-refractivity contribution in [3.8, 4) is 5.75 Å². The molecule has 1 aliphatic heterocycles. The number of hydrogen-bond donors (Lipinski definition) is 1. The Bertz CT molecular complexity index is 724. The third-order valence-corrected chi connectivity index (χ3v) is 3.88. The molecule has 2 heterocycles. The van der Waals surface area contributed by atoms with Crippen molar-refractivity contribution in [3.05, 3.63) is 47.5 Å². The van der Waals surface area contributed by atoms with Crippen LogP contribution in [0.15, 0.2) is 35.6 Å². The zero-order chi connectivity index (χ0) is 16.9.